The lowest BCUT2D eigenvalue weighted by molar-refractivity contribution is 0.862. The number of rotatable bonds is 3. The van der Waals surface area contributed by atoms with Crippen LogP contribution >= 0.6 is 0 Å². The van der Waals surface area contributed by atoms with E-state index < -0.39 is 0 Å². The van der Waals surface area contributed by atoms with Gasteiger partial charge in [-0.25, -0.2) is 0 Å². The first-order valence-electron chi connectivity index (χ1n) is 5.97. The average molecular weight is 226 g/mol. The summed E-state index contributed by atoms with van der Waals surface area (Å²) in [7, 11) is 0. The van der Waals surface area contributed by atoms with Crippen molar-refractivity contribution >= 4 is 0 Å². The number of nitrogens with zero attached hydrogens (tertiary/aromatic N) is 1. The highest BCUT2D eigenvalue weighted by atomic mass is 14.7. The normalized spacial score (nSPS) is 12.4. The van der Waals surface area contributed by atoms with Crippen LogP contribution in [0, 0.1) is 6.92 Å². The zero-order valence-electron chi connectivity index (χ0n) is 10.4. The molecule has 88 valence electrons. The SMILES string of the molecule is CCc1ccc(C(N)c2ccnc(C)c2)cc1. The summed E-state index contributed by atoms with van der Waals surface area (Å²) >= 11 is 0. The molecule has 2 rings (SSSR count). The molecule has 0 saturated carbocycles. The molecule has 0 fully saturated rings. The predicted molar refractivity (Wildman–Crippen MR) is 70.8 cm³/mol. The highest BCUT2D eigenvalue weighted by Gasteiger charge is 2.08. The molecule has 0 aliphatic rings. The lowest BCUT2D eigenvalue weighted by Crippen LogP contribution is -2.12. The molecule has 1 aromatic carbocycles. The molecule has 0 radical (unpaired) electrons. The van der Waals surface area contributed by atoms with Gasteiger partial charge in [0.1, 0.15) is 0 Å². The van der Waals surface area contributed by atoms with Crippen LogP contribution in [0.3, 0.4) is 0 Å². The molecule has 1 atom stereocenters. The van der Waals surface area contributed by atoms with Gasteiger partial charge in [-0.05, 0) is 42.2 Å². The molecule has 1 aromatic heterocycles. The number of hydrogen-bond donors (Lipinski definition) is 1. The van der Waals surface area contributed by atoms with Gasteiger partial charge in [0.25, 0.3) is 0 Å². The van der Waals surface area contributed by atoms with E-state index in [4.69, 9.17) is 5.73 Å². The molecule has 0 saturated heterocycles. The van der Waals surface area contributed by atoms with Crippen LogP contribution in [0.25, 0.3) is 0 Å². The summed E-state index contributed by atoms with van der Waals surface area (Å²) in [6.45, 7) is 4.14. The molecule has 0 aliphatic heterocycles. The topological polar surface area (TPSA) is 38.9 Å². The average Bonchev–Trinajstić information content (AvgIpc) is 2.38. The third-order valence-corrected chi connectivity index (χ3v) is 3.03. The van der Waals surface area contributed by atoms with Crippen molar-refractivity contribution in [1.29, 1.82) is 0 Å². The first-order chi connectivity index (χ1) is 8.20. The summed E-state index contributed by atoms with van der Waals surface area (Å²) in [5.41, 5.74) is 10.9. The van der Waals surface area contributed by atoms with Gasteiger partial charge < -0.3 is 5.73 Å². The van der Waals surface area contributed by atoms with Gasteiger partial charge in [0.2, 0.25) is 0 Å². The van der Waals surface area contributed by atoms with Gasteiger partial charge in [-0.3, -0.25) is 4.98 Å². The van der Waals surface area contributed by atoms with Crippen LogP contribution in [0.4, 0.5) is 0 Å². The third kappa shape index (κ3) is 2.71. The zero-order valence-corrected chi connectivity index (χ0v) is 10.4. The van der Waals surface area contributed by atoms with Crippen molar-refractivity contribution in [3.05, 3.63) is 65.0 Å². The van der Waals surface area contributed by atoms with Gasteiger partial charge in [0.05, 0.1) is 6.04 Å². The van der Waals surface area contributed by atoms with Gasteiger partial charge >= 0.3 is 0 Å². The molecular weight excluding hydrogens is 208 g/mol. The molecule has 2 aromatic rings. The first-order valence-corrected chi connectivity index (χ1v) is 5.97. The number of benzene rings is 1. The van der Waals surface area contributed by atoms with Crippen LogP contribution < -0.4 is 5.73 Å². The standard InChI is InChI=1S/C15H18N2/c1-3-12-4-6-13(7-5-12)15(16)14-8-9-17-11(2)10-14/h4-10,15H,3,16H2,1-2H3. The number of aryl methyl sites for hydroxylation is 2. The molecule has 1 heterocycles. The van der Waals surface area contributed by atoms with Crippen molar-refractivity contribution in [1.82, 2.24) is 4.98 Å². The van der Waals surface area contributed by atoms with E-state index in [1.54, 1.807) is 0 Å². The number of hydrogen-bond acceptors (Lipinski definition) is 2. The van der Waals surface area contributed by atoms with Crippen LogP contribution in [0.2, 0.25) is 0 Å². The smallest absolute Gasteiger partial charge is 0.0552 e. The van der Waals surface area contributed by atoms with Gasteiger partial charge in [0, 0.05) is 11.9 Å². The Morgan fingerprint density at radius 3 is 2.41 bits per heavy atom. The summed E-state index contributed by atoms with van der Waals surface area (Å²) in [6, 6.07) is 12.5. The molecule has 0 aliphatic carbocycles. The summed E-state index contributed by atoms with van der Waals surface area (Å²) in [6.07, 6.45) is 2.87. The fourth-order valence-electron chi connectivity index (χ4n) is 1.91. The summed E-state index contributed by atoms with van der Waals surface area (Å²) in [5.74, 6) is 0. The van der Waals surface area contributed by atoms with Gasteiger partial charge in [-0.2, -0.15) is 0 Å². The van der Waals surface area contributed by atoms with E-state index in [0.29, 0.717) is 0 Å². The molecular formula is C15H18N2. The molecule has 0 amide bonds. The Kier molecular flexibility index (Phi) is 3.55. The van der Waals surface area contributed by atoms with E-state index in [0.717, 1.165) is 23.2 Å². The van der Waals surface area contributed by atoms with Crippen LogP contribution in [-0.4, -0.2) is 4.98 Å². The lowest BCUT2D eigenvalue weighted by atomic mass is 9.98. The Labute approximate surface area is 103 Å². The van der Waals surface area contributed by atoms with Gasteiger partial charge in [0.15, 0.2) is 0 Å². The van der Waals surface area contributed by atoms with Gasteiger partial charge in [-0.1, -0.05) is 31.2 Å². The second kappa shape index (κ2) is 5.11. The third-order valence-electron chi connectivity index (χ3n) is 3.03. The van der Waals surface area contributed by atoms with Crippen LogP contribution in [0.1, 0.15) is 35.3 Å². The van der Waals surface area contributed by atoms with Crippen LogP contribution in [0.5, 0.6) is 0 Å². The minimum absolute atomic E-state index is 0.0670. The summed E-state index contributed by atoms with van der Waals surface area (Å²) < 4.78 is 0. The van der Waals surface area contributed by atoms with E-state index in [-0.39, 0.29) is 6.04 Å². The maximum atomic E-state index is 6.25. The minimum atomic E-state index is -0.0670. The Morgan fingerprint density at radius 1 is 1.12 bits per heavy atom. The van der Waals surface area contributed by atoms with E-state index in [2.05, 4.69) is 36.2 Å². The van der Waals surface area contributed by atoms with Crippen molar-refractivity contribution < 1.29 is 0 Å². The highest BCUT2D eigenvalue weighted by molar-refractivity contribution is 5.33. The van der Waals surface area contributed by atoms with E-state index >= 15 is 0 Å². The van der Waals surface area contributed by atoms with Crippen LogP contribution in [-0.2, 0) is 6.42 Å². The molecule has 0 bridgehead atoms. The molecule has 17 heavy (non-hydrogen) atoms. The zero-order chi connectivity index (χ0) is 12.3. The minimum Gasteiger partial charge on any atom is -0.320 e. The predicted octanol–water partition coefficient (Wildman–Crippen LogP) is 3.00. The molecule has 2 heteroatoms. The van der Waals surface area contributed by atoms with Gasteiger partial charge in [-0.15, -0.1) is 0 Å². The number of aromatic nitrogens is 1. The Morgan fingerprint density at radius 2 is 1.82 bits per heavy atom. The monoisotopic (exact) mass is 226 g/mol. The van der Waals surface area contributed by atoms with Crippen molar-refractivity contribution in [2.75, 3.05) is 0 Å². The van der Waals surface area contributed by atoms with E-state index in [9.17, 15) is 0 Å². The van der Waals surface area contributed by atoms with Crippen LogP contribution in [0.15, 0.2) is 42.6 Å². The molecule has 1 unspecified atom stereocenters. The van der Waals surface area contributed by atoms with Crippen molar-refractivity contribution in [3.8, 4) is 0 Å². The second-order valence-electron chi connectivity index (χ2n) is 4.30. The summed E-state index contributed by atoms with van der Waals surface area (Å²) in [5, 5.41) is 0. The Hall–Kier alpha value is -1.67. The lowest BCUT2D eigenvalue weighted by Gasteiger charge is -2.13. The van der Waals surface area contributed by atoms with Crippen molar-refractivity contribution in [2.24, 2.45) is 5.73 Å². The maximum Gasteiger partial charge on any atom is 0.0552 e. The molecule has 2 nitrogen and oxygen atoms in total. The highest BCUT2D eigenvalue weighted by Crippen LogP contribution is 2.20. The molecule has 2 N–H and O–H groups in total. The second-order valence-corrected chi connectivity index (χ2v) is 4.30. The largest absolute Gasteiger partial charge is 0.320 e. The quantitative estimate of drug-likeness (QED) is 0.873. The van der Waals surface area contributed by atoms with Crippen molar-refractivity contribution in [3.63, 3.8) is 0 Å². The Balaban J connectivity index is 2.27. The Bertz CT molecular complexity index is 489. The fourth-order valence-corrected chi connectivity index (χ4v) is 1.91. The number of nitrogens with two attached hydrogens (primary N) is 1. The molecule has 0 spiro atoms. The fraction of sp³-hybridized carbons (Fsp3) is 0.267. The van der Waals surface area contributed by atoms with E-state index in [1.807, 2.05) is 25.3 Å². The maximum absolute atomic E-state index is 6.25. The number of pyridine rings is 1. The first kappa shape index (κ1) is 11.8. The summed E-state index contributed by atoms with van der Waals surface area (Å²) in [4.78, 5) is 4.19. The van der Waals surface area contributed by atoms with E-state index in [1.165, 1.54) is 5.56 Å². The van der Waals surface area contributed by atoms with Crippen molar-refractivity contribution in [2.45, 2.75) is 26.3 Å².